The van der Waals surface area contributed by atoms with Crippen LogP contribution < -0.4 is 19.2 Å². The monoisotopic (exact) mass is 770 g/mol. The molecule has 5 aromatic carbocycles. The first kappa shape index (κ1) is 43.1. The third-order valence-electron chi connectivity index (χ3n) is 9.30. The summed E-state index contributed by atoms with van der Waals surface area (Å²) in [6.45, 7) is 8.23. The Morgan fingerprint density at radius 2 is 1.00 bits per heavy atom. The summed E-state index contributed by atoms with van der Waals surface area (Å²) in [5, 5.41) is 1.03. The Bertz CT molecular complexity index is 1910. The quantitative estimate of drug-likeness (QED) is 0.0322. The van der Waals surface area contributed by atoms with Gasteiger partial charge in [0, 0.05) is 27.4 Å². The molecule has 4 nitrogen and oxygen atoms in total. The third kappa shape index (κ3) is 12.2. The van der Waals surface area contributed by atoms with Crippen LogP contribution in [0, 0.1) is 23.3 Å². The van der Waals surface area contributed by atoms with Crippen molar-refractivity contribution < 1.29 is 45.6 Å². The van der Waals surface area contributed by atoms with Gasteiger partial charge in [0.05, 0.1) is 25.4 Å². The van der Waals surface area contributed by atoms with E-state index in [2.05, 4.69) is 43.9 Å². The van der Waals surface area contributed by atoms with E-state index in [9.17, 15) is 26.5 Å². The normalized spacial score (nSPS) is 11.1. The summed E-state index contributed by atoms with van der Waals surface area (Å²) in [6.07, 6.45) is 13.9. The Hall–Kier alpha value is -4.60. The molecule has 0 N–H and O–H groups in total. The van der Waals surface area contributed by atoms with Crippen LogP contribution in [0.25, 0.3) is 32.7 Å². The predicted octanol–water partition coefficient (Wildman–Crippen LogP) is 14.5. The number of fused-ring (bicyclic) bond motifs is 2. The van der Waals surface area contributed by atoms with E-state index in [0.29, 0.717) is 25.4 Å². The molecular formula is C45H52F6O4. The summed E-state index contributed by atoms with van der Waals surface area (Å²) in [4.78, 5) is 3.28. The number of hydrogen-bond donors (Lipinski definition) is 0. The molecule has 0 bridgehead atoms. The van der Waals surface area contributed by atoms with Crippen LogP contribution >= 0.6 is 0 Å². The van der Waals surface area contributed by atoms with Crippen LogP contribution in [0.15, 0.2) is 66.7 Å². The van der Waals surface area contributed by atoms with Crippen molar-refractivity contribution in [3.63, 3.8) is 0 Å². The largest absolute Gasteiger partial charge is 0.493 e. The molecule has 5 aromatic rings. The van der Waals surface area contributed by atoms with Gasteiger partial charge < -0.3 is 14.2 Å². The van der Waals surface area contributed by atoms with Gasteiger partial charge in [-0.1, -0.05) is 103 Å². The van der Waals surface area contributed by atoms with E-state index >= 15 is 0 Å². The summed E-state index contributed by atoms with van der Waals surface area (Å²) in [5.41, 5.74) is 2.70. The first-order chi connectivity index (χ1) is 26.8. The Kier molecular flexibility index (Phi) is 17.8. The lowest BCUT2D eigenvalue weighted by Crippen LogP contribution is -2.05. The zero-order valence-corrected chi connectivity index (χ0v) is 32.1. The molecule has 0 atom stereocenters. The van der Waals surface area contributed by atoms with Crippen molar-refractivity contribution in [2.24, 2.45) is 0 Å². The molecule has 0 fully saturated rings. The molecule has 55 heavy (non-hydrogen) atoms. The molecule has 0 heterocycles. The topological polar surface area (TPSA) is 36.9 Å². The number of benzene rings is 5. The fourth-order valence-electron chi connectivity index (χ4n) is 6.21. The van der Waals surface area contributed by atoms with Crippen molar-refractivity contribution in [1.82, 2.24) is 0 Å². The number of alkyl halides is 1. The smallest absolute Gasteiger partial charge is 0.198 e. The van der Waals surface area contributed by atoms with Crippen LogP contribution in [-0.4, -0.2) is 19.8 Å². The molecule has 0 unspecified atom stereocenters. The Balaban J connectivity index is 0.000000348. The van der Waals surface area contributed by atoms with Crippen molar-refractivity contribution in [3.8, 4) is 34.1 Å². The summed E-state index contributed by atoms with van der Waals surface area (Å²) < 4.78 is 96.1. The Morgan fingerprint density at radius 3 is 1.55 bits per heavy atom. The van der Waals surface area contributed by atoms with Gasteiger partial charge in [-0.25, -0.2) is 22.0 Å². The van der Waals surface area contributed by atoms with Gasteiger partial charge in [0.1, 0.15) is 23.9 Å². The molecule has 0 saturated heterocycles. The summed E-state index contributed by atoms with van der Waals surface area (Å²) in [6, 6.07) is 18.8. The minimum Gasteiger partial charge on any atom is -0.493 e. The lowest BCUT2D eigenvalue weighted by atomic mass is 9.98. The van der Waals surface area contributed by atoms with E-state index < -0.39 is 46.5 Å². The fourth-order valence-corrected chi connectivity index (χ4v) is 6.21. The Labute approximate surface area is 320 Å². The lowest BCUT2D eigenvalue weighted by molar-refractivity contribution is -0.00605. The highest BCUT2D eigenvalue weighted by atomic mass is 19.3. The molecule has 0 radical (unpaired) electrons. The number of halogens is 6. The maximum Gasteiger partial charge on any atom is 0.198 e. The highest BCUT2D eigenvalue weighted by molar-refractivity contribution is 5.90. The predicted molar refractivity (Wildman–Crippen MR) is 209 cm³/mol. The maximum atomic E-state index is 13.2. The molecular weight excluding hydrogens is 718 g/mol. The second-order valence-electron chi connectivity index (χ2n) is 13.6. The lowest BCUT2D eigenvalue weighted by Gasteiger charge is -2.19. The second-order valence-corrected chi connectivity index (χ2v) is 13.6. The first-order valence-corrected chi connectivity index (χ1v) is 19.5. The van der Waals surface area contributed by atoms with Crippen LogP contribution in [0.3, 0.4) is 0 Å². The maximum absolute atomic E-state index is 13.2. The van der Waals surface area contributed by atoms with Crippen molar-refractivity contribution in [1.29, 1.82) is 0 Å². The summed E-state index contributed by atoms with van der Waals surface area (Å²) >= 11 is 0. The minimum atomic E-state index is -1.94. The molecule has 0 aliphatic carbocycles. The van der Waals surface area contributed by atoms with E-state index in [1.807, 2.05) is 30.3 Å². The van der Waals surface area contributed by atoms with E-state index in [-0.39, 0.29) is 0 Å². The van der Waals surface area contributed by atoms with E-state index in [1.54, 1.807) is 0 Å². The zero-order valence-electron chi connectivity index (χ0n) is 32.1. The van der Waals surface area contributed by atoms with Gasteiger partial charge in [0.25, 0.3) is 0 Å². The molecule has 0 spiro atoms. The highest BCUT2D eigenvalue weighted by Crippen LogP contribution is 2.43. The molecule has 5 rings (SSSR count). The van der Waals surface area contributed by atoms with Gasteiger partial charge in [-0.05, 0) is 71.5 Å². The average Bonchev–Trinajstić information content (AvgIpc) is 3.21. The van der Waals surface area contributed by atoms with Crippen molar-refractivity contribution >= 4 is 21.5 Å². The number of unbranched alkanes of at least 4 members (excludes halogenated alkanes) is 9. The molecule has 298 valence electrons. The molecule has 0 aromatic heterocycles. The van der Waals surface area contributed by atoms with Crippen molar-refractivity contribution in [2.75, 3.05) is 19.8 Å². The van der Waals surface area contributed by atoms with Crippen molar-refractivity contribution in [3.05, 3.63) is 95.6 Å². The SMILES string of the molecule is CCCCCCOc1cc(OCCCCCC)c(-c2ccc3cc(CF)ccc3c2)c(OCCCCCC)c1.FOc1ccc2c(F)c(F)c(F)c(F)c2c1. The summed E-state index contributed by atoms with van der Waals surface area (Å²) in [5.74, 6) is -4.98. The Morgan fingerprint density at radius 1 is 0.473 bits per heavy atom. The zero-order chi connectivity index (χ0) is 39.6. The van der Waals surface area contributed by atoms with Crippen molar-refractivity contribution in [2.45, 2.75) is 104 Å². The van der Waals surface area contributed by atoms with Crippen LogP contribution in [0.1, 0.15) is 103 Å². The molecule has 0 aliphatic rings. The van der Waals surface area contributed by atoms with Crippen LogP contribution in [0.2, 0.25) is 0 Å². The number of hydrogen-bond acceptors (Lipinski definition) is 4. The van der Waals surface area contributed by atoms with Gasteiger partial charge in [-0.15, -0.1) is 0 Å². The fraction of sp³-hybridized carbons (Fsp3) is 0.422. The van der Waals surface area contributed by atoms with Gasteiger partial charge >= 0.3 is 0 Å². The third-order valence-corrected chi connectivity index (χ3v) is 9.30. The van der Waals surface area contributed by atoms with Gasteiger partial charge in [0.2, 0.25) is 0 Å². The van der Waals surface area contributed by atoms with E-state index in [4.69, 9.17) is 14.2 Å². The number of rotatable bonds is 21. The second kappa shape index (κ2) is 22.7. The van der Waals surface area contributed by atoms with Gasteiger partial charge in [0.15, 0.2) is 29.0 Å². The molecule has 0 amide bonds. The standard InChI is InChI=1S/C35H49FO3.C10H3F5O/c1-4-7-10-13-20-37-32-25-33(38-21-14-11-8-5-2)35(34(26-32)39-22-15-12-9-6-3)31-19-18-29-23-28(27-36)16-17-30(29)24-31;11-7-5-2-1-4(16-15)3-6(5)8(12)10(14)9(7)13/h16-19,23-26H,4-15,20-22,27H2,1-3H3;1-3H. The molecule has 0 saturated carbocycles. The highest BCUT2D eigenvalue weighted by Gasteiger charge is 2.21. The molecule has 10 heteroatoms. The molecule has 0 aliphatic heterocycles. The first-order valence-electron chi connectivity index (χ1n) is 19.5. The summed E-state index contributed by atoms with van der Waals surface area (Å²) in [7, 11) is 0. The average molecular weight is 771 g/mol. The van der Waals surface area contributed by atoms with Crippen LogP contribution in [0.5, 0.6) is 23.0 Å². The van der Waals surface area contributed by atoms with Crippen LogP contribution in [-0.2, 0) is 6.67 Å². The van der Waals surface area contributed by atoms with Gasteiger partial charge in [-0.2, -0.15) is 0 Å². The van der Waals surface area contributed by atoms with Crippen LogP contribution in [0.4, 0.5) is 26.5 Å². The number of ether oxygens (including phenoxy) is 3. The van der Waals surface area contributed by atoms with E-state index in [0.717, 1.165) is 89.5 Å². The van der Waals surface area contributed by atoms with Gasteiger partial charge in [-0.3, -0.25) is 4.94 Å². The minimum absolute atomic E-state index is 0.434. The van der Waals surface area contributed by atoms with E-state index in [1.165, 1.54) is 44.9 Å².